The van der Waals surface area contributed by atoms with E-state index in [1.165, 1.54) is 16.3 Å². The van der Waals surface area contributed by atoms with Crippen LogP contribution in [-0.4, -0.2) is 20.8 Å². The van der Waals surface area contributed by atoms with E-state index in [9.17, 15) is 4.79 Å². The van der Waals surface area contributed by atoms with Gasteiger partial charge in [0.2, 0.25) is 0 Å². The maximum absolute atomic E-state index is 11.8. The van der Waals surface area contributed by atoms with E-state index in [0.29, 0.717) is 13.0 Å². The second kappa shape index (κ2) is 7.59. The summed E-state index contributed by atoms with van der Waals surface area (Å²) in [6, 6.07) is 22.8. The van der Waals surface area contributed by atoms with Gasteiger partial charge in [-0.05, 0) is 41.8 Å². The molecule has 0 radical (unpaired) electrons. The Morgan fingerprint density at radius 2 is 1.83 bits per heavy atom. The van der Waals surface area contributed by atoms with Crippen molar-refractivity contribution in [2.75, 3.05) is 5.32 Å². The van der Waals surface area contributed by atoms with Gasteiger partial charge in [-0.3, -0.25) is 4.79 Å². The highest BCUT2D eigenvalue weighted by Gasteiger charge is 2.19. The number of Topliss-reactive ketones (excluding diaryl/α,β-unsaturated/α-hetero) is 1. The Morgan fingerprint density at radius 1 is 1.00 bits per heavy atom. The summed E-state index contributed by atoms with van der Waals surface area (Å²) >= 11 is 0. The number of hydrogen-bond donors (Lipinski definition) is 1. The molecule has 1 aliphatic rings. The summed E-state index contributed by atoms with van der Waals surface area (Å²) in [4.78, 5) is 11.8. The predicted octanol–water partition coefficient (Wildman–Crippen LogP) is 5.20. The van der Waals surface area contributed by atoms with Crippen molar-refractivity contribution in [1.29, 1.82) is 0 Å². The van der Waals surface area contributed by atoms with Crippen molar-refractivity contribution < 1.29 is 4.79 Å². The average Bonchev–Trinajstić information content (AvgIpc) is 3.36. The molecule has 1 aromatic heterocycles. The Bertz CT molecular complexity index is 1280. The topological polar surface area (TPSA) is 59.8 Å². The van der Waals surface area contributed by atoms with Crippen molar-refractivity contribution in [2.24, 2.45) is 0 Å². The third-order valence-electron chi connectivity index (χ3n) is 5.68. The number of aromatic nitrogens is 3. The summed E-state index contributed by atoms with van der Waals surface area (Å²) in [6.45, 7) is 2.56. The van der Waals surface area contributed by atoms with E-state index in [0.717, 1.165) is 34.6 Å². The second-order valence-corrected chi connectivity index (χ2v) is 7.67. The molecule has 148 valence electrons. The van der Waals surface area contributed by atoms with E-state index in [4.69, 9.17) is 0 Å². The minimum Gasteiger partial charge on any atom is -0.359 e. The minimum atomic E-state index is 0.227. The van der Waals surface area contributed by atoms with Crippen LogP contribution in [0.25, 0.3) is 22.0 Å². The average molecular weight is 394 g/mol. The summed E-state index contributed by atoms with van der Waals surface area (Å²) in [7, 11) is 0. The lowest BCUT2D eigenvalue weighted by Crippen LogP contribution is -2.01. The molecule has 1 heterocycles. The van der Waals surface area contributed by atoms with Crippen LogP contribution in [0.2, 0.25) is 0 Å². The Hall–Kier alpha value is -3.73. The fourth-order valence-electron chi connectivity index (χ4n) is 3.98. The molecule has 0 spiro atoms. The van der Waals surface area contributed by atoms with Crippen LogP contribution in [0.15, 0.2) is 84.2 Å². The van der Waals surface area contributed by atoms with E-state index >= 15 is 0 Å². The number of benzene rings is 3. The Morgan fingerprint density at radius 3 is 2.70 bits per heavy atom. The molecule has 0 atom stereocenters. The number of carbonyl (C=O) groups excluding carboxylic acids is 1. The van der Waals surface area contributed by atoms with Gasteiger partial charge in [0.25, 0.3) is 0 Å². The second-order valence-electron chi connectivity index (χ2n) is 7.67. The predicted molar refractivity (Wildman–Crippen MR) is 119 cm³/mol. The van der Waals surface area contributed by atoms with E-state index in [1.54, 1.807) is 0 Å². The number of ketones is 1. The van der Waals surface area contributed by atoms with Crippen LogP contribution >= 0.6 is 0 Å². The molecule has 0 unspecified atom stereocenters. The number of rotatable bonds is 5. The number of hydrogen-bond acceptors (Lipinski definition) is 4. The smallest absolute Gasteiger partial charge is 0.160 e. The highest BCUT2D eigenvalue weighted by molar-refractivity contribution is 5.98. The SMILES string of the molecule is CC1=C(Nc2cccc(-c3cn(Cc4cccc5ccccc45)nn3)c2)CCC1=O. The number of fused-ring (bicyclic) bond motifs is 1. The highest BCUT2D eigenvalue weighted by atomic mass is 16.1. The Labute approximate surface area is 175 Å². The first-order chi connectivity index (χ1) is 14.7. The number of allylic oxidation sites excluding steroid dienone is 2. The number of carbonyl (C=O) groups is 1. The molecule has 0 fully saturated rings. The largest absolute Gasteiger partial charge is 0.359 e. The lowest BCUT2D eigenvalue weighted by atomic mass is 10.0. The Balaban J connectivity index is 1.38. The lowest BCUT2D eigenvalue weighted by molar-refractivity contribution is -0.114. The van der Waals surface area contributed by atoms with Crippen LogP contribution in [0.4, 0.5) is 5.69 Å². The standard InChI is InChI=1S/C25H22N4O/c1-17-23(12-13-25(17)30)26-21-10-5-8-19(14-21)24-16-29(28-27-24)15-20-9-4-7-18-6-2-3-11-22(18)20/h2-11,14,16,26H,12-13,15H2,1H3. The lowest BCUT2D eigenvalue weighted by Gasteiger charge is -2.09. The van der Waals surface area contributed by atoms with E-state index in [2.05, 4.69) is 64.2 Å². The van der Waals surface area contributed by atoms with Crippen molar-refractivity contribution in [2.45, 2.75) is 26.3 Å². The molecule has 0 aliphatic heterocycles. The van der Waals surface area contributed by atoms with Gasteiger partial charge in [0.1, 0.15) is 5.69 Å². The van der Waals surface area contributed by atoms with E-state index in [1.807, 2.05) is 36.0 Å². The molecule has 3 aromatic carbocycles. The molecule has 0 saturated carbocycles. The van der Waals surface area contributed by atoms with Crippen molar-refractivity contribution in [1.82, 2.24) is 15.0 Å². The number of anilines is 1. The molecular weight excluding hydrogens is 372 g/mol. The van der Waals surface area contributed by atoms with Gasteiger partial charge >= 0.3 is 0 Å². The summed E-state index contributed by atoms with van der Waals surface area (Å²) < 4.78 is 1.87. The van der Waals surface area contributed by atoms with Gasteiger partial charge in [-0.1, -0.05) is 59.8 Å². The first-order valence-corrected chi connectivity index (χ1v) is 10.1. The Kier molecular flexibility index (Phi) is 4.64. The van der Waals surface area contributed by atoms with Crippen LogP contribution in [0.1, 0.15) is 25.3 Å². The maximum atomic E-state index is 11.8. The first kappa shape index (κ1) is 18.3. The molecule has 5 heteroatoms. The van der Waals surface area contributed by atoms with Crippen LogP contribution < -0.4 is 5.32 Å². The monoisotopic (exact) mass is 394 g/mol. The third-order valence-corrected chi connectivity index (χ3v) is 5.68. The van der Waals surface area contributed by atoms with Gasteiger partial charge in [-0.2, -0.15) is 0 Å². The van der Waals surface area contributed by atoms with Crippen LogP contribution in [0.5, 0.6) is 0 Å². The van der Waals surface area contributed by atoms with Crippen LogP contribution in [0.3, 0.4) is 0 Å². The van der Waals surface area contributed by atoms with Gasteiger partial charge < -0.3 is 5.32 Å². The zero-order valence-corrected chi connectivity index (χ0v) is 16.8. The van der Waals surface area contributed by atoms with Crippen molar-refractivity contribution >= 4 is 22.2 Å². The van der Waals surface area contributed by atoms with Gasteiger partial charge in [0.15, 0.2) is 5.78 Å². The molecule has 5 rings (SSSR count). The molecule has 0 bridgehead atoms. The molecule has 1 aliphatic carbocycles. The van der Waals surface area contributed by atoms with Gasteiger partial charge in [-0.15, -0.1) is 5.10 Å². The van der Waals surface area contributed by atoms with Crippen LogP contribution in [-0.2, 0) is 11.3 Å². The molecule has 4 aromatic rings. The fourth-order valence-corrected chi connectivity index (χ4v) is 3.98. The summed E-state index contributed by atoms with van der Waals surface area (Å²) in [5.41, 5.74) is 5.84. The fraction of sp³-hybridized carbons (Fsp3) is 0.160. The molecule has 5 nitrogen and oxygen atoms in total. The molecular formula is C25H22N4O. The minimum absolute atomic E-state index is 0.227. The van der Waals surface area contributed by atoms with Crippen LogP contribution in [0, 0.1) is 0 Å². The first-order valence-electron chi connectivity index (χ1n) is 10.1. The van der Waals surface area contributed by atoms with Crippen molar-refractivity contribution in [3.63, 3.8) is 0 Å². The molecule has 1 N–H and O–H groups in total. The summed E-state index contributed by atoms with van der Waals surface area (Å²) in [6.07, 6.45) is 3.34. The van der Waals surface area contributed by atoms with Gasteiger partial charge in [0, 0.05) is 28.9 Å². The van der Waals surface area contributed by atoms with Crippen molar-refractivity contribution in [3.05, 3.63) is 89.8 Å². The quantitative estimate of drug-likeness (QED) is 0.506. The van der Waals surface area contributed by atoms with E-state index in [-0.39, 0.29) is 5.78 Å². The number of nitrogens with one attached hydrogen (secondary N) is 1. The summed E-state index contributed by atoms with van der Waals surface area (Å²) in [5, 5.41) is 14.6. The van der Waals surface area contributed by atoms with Crippen molar-refractivity contribution in [3.8, 4) is 11.3 Å². The summed E-state index contributed by atoms with van der Waals surface area (Å²) in [5.74, 6) is 0.227. The number of nitrogens with zero attached hydrogens (tertiary/aromatic N) is 3. The molecule has 0 amide bonds. The zero-order chi connectivity index (χ0) is 20.5. The molecule has 30 heavy (non-hydrogen) atoms. The maximum Gasteiger partial charge on any atom is 0.160 e. The zero-order valence-electron chi connectivity index (χ0n) is 16.8. The normalized spacial score (nSPS) is 14.0. The van der Waals surface area contributed by atoms with Gasteiger partial charge in [0.05, 0.1) is 12.7 Å². The van der Waals surface area contributed by atoms with E-state index < -0.39 is 0 Å². The molecule has 0 saturated heterocycles. The highest BCUT2D eigenvalue weighted by Crippen LogP contribution is 2.27. The van der Waals surface area contributed by atoms with Gasteiger partial charge in [-0.25, -0.2) is 4.68 Å². The third kappa shape index (κ3) is 3.50.